The number of rotatable bonds is 4. The van der Waals surface area contributed by atoms with Gasteiger partial charge in [0.2, 0.25) is 0 Å². The summed E-state index contributed by atoms with van der Waals surface area (Å²) in [6.45, 7) is 2.07. The minimum absolute atomic E-state index is 0.155. The van der Waals surface area contributed by atoms with E-state index in [4.69, 9.17) is 23.2 Å². The standard InChI is InChI=1S/C16H15Cl2F/c1-11-4-2-3-5-14(11)13(10-17)8-12-6-7-15(18)16(19)9-12/h2-7,9,13H,8,10H2,1H3. The maximum Gasteiger partial charge on any atom is 0.142 e. The Kier molecular flexibility index (Phi) is 4.84. The van der Waals surface area contributed by atoms with Crippen molar-refractivity contribution in [3.8, 4) is 0 Å². The lowest BCUT2D eigenvalue weighted by Crippen LogP contribution is -2.06. The van der Waals surface area contributed by atoms with E-state index in [2.05, 4.69) is 19.1 Å². The summed E-state index contributed by atoms with van der Waals surface area (Å²) in [6, 6.07) is 13.1. The highest BCUT2D eigenvalue weighted by Crippen LogP contribution is 2.26. The summed E-state index contributed by atoms with van der Waals surface area (Å²) in [4.78, 5) is 0. The molecule has 0 spiro atoms. The van der Waals surface area contributed by atoms with E-state index in [0.717, 1.165) is 5.56 Å². The van der Waals surface area contributed by atoms with Crippen molar-refractivity contribution in [3.05, 3.63) is 70.0 Å². The molecule has 0 heterocycles. The van der Waals surface area contributed by atoms with E-state index in [1.54, 1.807) is 6.07 Å². The summed E-state index contributed by atoms with van der Waals surface area (Å²) in [7, 11) is 0. The van der Waals surface area contributed by atoms with E-state index in [1.807, 2.05) is 18.2 Å². The fourth-order valence-corrected chi connectivity index (χ4v) is 2.64. The Morgan fingerprint density at radius 1 is 1.16 bits per heavy atom. The van der Waals surface area contributed by atoms with E-state index in [0.29, 0.717) is 12.3 Å². The quantitative estimate of drug-likeness (QED) is 0.667. The number of alkyl halides is 1. The van der Waals surface area contributed by atoms with Crippen LogP contribution in [0.1, 0.15) is 22.6 Å². The van der Waals surface area contributed by atoms with Crippen LogP contribution in [0.25, 0.3) is 0 Å². The molecule has 1 atom stereocenters. The van der Waals surface area contributed by atoms with Crippen molar-refractivity contribution in [3.63, 3.8) is 0 Å². The normalized spacial score (nSPS) is 12.4. The number of hydrogen-bond donors (Lipinski definition) is 0. The van der Waals surface area contributed by atoms with Crippen LogP contribution in [0.4, 0.5) is 4.39 Å². The molecule has 0 aliphatic carbocycles. The molecule has 0 amide bonds. The monoisotopic (exact) mass is 296 g/mol. The number of benzene rings is 2. The van der Waals surface area contributed by atoms with E-state index >= 15 is 0 Å². The molecule has 0 fully saturated rings. The molecule has 0 N–H and O–H groups in total. The largest absolute Gasteiger partial charge is 0.205 e. The molecule has 3 heteroatoms. The third-order valence-corrected chi connectivity index (χ3v) is 3.96. The molecule has 2 aromatic carbocycles. The Balaban J connectivity index is 2.24. The van der Waals surface area contributed by atoms with Gasteiger partial charge in [0.05, 0.1) is 5.02 Å². The molecule has 19 heavy (non-hydrogen) atoms. The third kappa shape index (κ3) is 3.49. The number of aryl methyl sites for hydroxylation is 1. The fourth-order valence-electron chi connectivity index (χ4n) is 2.24. The van der Waals surface area contributed by atoms with Crippen LogP contribution in [-0.4, -0.2) is 5.88 Å². The first-order valence-electron chi connectivity index (χ1n) is 6.17. The van der Waals surface area contributed by atoms with Gasteiger partial charge in [-0.2, -0.15) is 0 Å². The van der Waals surface area contributed by atoms with Crippen LogP contribution in [0.5, 0.6) is 0 Å². The maximum absolute atomic E-state index is 13.5. The van der Waals surface area contributed by atoms with Crippen LogP contribution in [0.15, 0.2) is 42.5 Å². The molecule has 0 aromatic heterocycles. The molecular weight excluding hydrogens is 282 g/mol. The maximum atomic E-state index is 13.5. The lowest BCUT2D eigenvalue weighted by molar-refractivity contribution is 0.623. The van der Waals surface area contributed by atoms with Crippen LogP contribution >= 0.6 is 23.2 Å². The smallest absolute Gasteiger partial charge is 0.142 e. The number of hydrogen-bond acceptors (Lipinski definition) is 0. The zero-order chi connectivity index (χ0) is 13.8. The molecule has 1 unspecified atom stereocenters. The Morgan fingerprint density at radius 2 is 1.89 bits per heavy atom. The highest BCUT2D eigenvalue weighted by Gasteiger charge is 2.14. The molecule has 0 aliphatic rings. The average molecular weight is 297 g/mol. The molecule has 0 bridgehead atoms. The Bertz CT molecular complexity index is 566. The summed E-state index contributed by atoms with van der Waals surface area (Å²) >= 11 is 11.8. The van der Waals surface area contributed by atoms with E-state index in [-0.39, 0.29) is 16.8 Å². The van der Waals surface area contributed by atoms with Gasteiger partial charge >= 0.3 is 0 Å². The third-order valence-electron chi connectivity index (χ3n) is 3.28. The van der Waals surface area contributed by atoms with Gasteiger partial charge in [-0.25, -0.2) is 4.39 Å². The highest BCUT2D eigenvalue weighted by atomic mass is 35.5. The predicted molar refractivity (Wildman–Crippen MR) is 79.8 cm³/mol. The molecule has 0 aliphatic heterocycles. The summed E-state index contributed by atoms with van der Waals surface area (Å²) in [5.74, 6) is 0.315. The van der Waals surface area contributed by atoms with Crippen LogP contribution in [0.3, 0.4) is 0 Å². The van der Waals surface area contributed by atoms with E-state index in [1.165, 1.54) is 17.2 Å². The van der Waals surface area contributed by atoms with Gasteiger partial charge in [0.25, 0.3) is 0 Å². The topological polar surface area (TPSA) is 0 Å². The van der Waals surface area contributed by atoms with Crippen molar-refractivity contribution in [2.24, 2.45) is 0 Å². The van der Waals surface area contributed by atoms with Crippen molar-refractivity contribution < 1.29 is 4.39 Å². The molecule has 2 rings (SSSR count). The van der Waals surface area contributed by atoms with Crippen molar-refractivity contribution in [1.29, 1.82) is 0 Å². The minimum atomic E-state index is -0.378. The van der Waals surface area contributed by atoms with E-state index < -0.39 is 0 Å². The zero-order valence-corrected chi connectivity index (χ0v) is 12.2. The fraction of sp³-hybridized carbons (Fsp3) is 0.250. The zero-order valence-electron chi connectivity index (χ0n) is 10.7. The summed E-state index contributed by atoms with van der Waals surface area (Å²) in [5, 5.41) is 0.155. The predicted octanol–water partition coefficient (Wildman–Crippen LogP) is 5.35. The second kappa shape index (κ2) is 6.40. The SMILES string of the molecule is Cc1ccccc1C(CCl)Cc1ccc(Cl)c(F)c1. The second-order valence-electron chi connectivity index (χ2n) is 4.66. The summed E-state index contributed by atoms with van der Waals surface area (Å²) in [5.41, 5.74) is 3.34. The molecule has 0 saturated heterocycles. The van der Waals surface area contributed by atoms with Gasteiger partial charge in [-0.1, -0.05) is 41.9 Å². The van der Waals surface area contributed by atoms with Crippen molar-refractivity contribution in [2.45, 2.75) is 19.3 Å². The molecule has 0 nitrogen and oxygen atoms in total. The highest BCUT2D eigenvalue weighted by molar-refractivity contribution is 6.30. The Hall–Kier alpha value is -1.05. The number of halogens is 3. The minimum Gasteiger partial charge on any atom is -0.205 e. The molecule has 2 aromatic rings. The molecular formula is C16H15Cl2F. The van der Waals surface area contributed by atoms with Crippen LogP contribution in [-0.2, 0) is 6.42 Å². The van der Waals surface area contributed by atoms with Gasteiger partial charge in [-0.05, 0) is 42.2 Å². The summed E-state index contributed by atoms with van der Waals surface area (Å²) < 4.78 is 13.5. The van der Waals surface area contributed by atoms with Crippen LogP contribution < -0.4 is 0 Å². The van der Waals surface area contributed by atoms with Crippen molar-refractivity contribution >= 4 is 23.2 Å². The van der Waals surface area contributed by atoms with Crippen molar-refractivity contribution in [1.82, 2.24) is 0 Å². The average Bonchev–Trinajstić information content (AvgIpc) is 2.41. The first kappa shape index (κ1) is 14.4. The van der Waals surface area contributed by atoms with Gasteiger partial charge in [0.1, 0.15) is 5.82 Å². The lowest BCUT2D eigenvalue weighted by atomic mass is 9.90. The molecule has 0 radical (unpaired) electrons. The summed E-state index contributed by atoms with van der Waals surface area (Å²) in [6.07, 6.45) is 0.711. The van der Waals surface area contributed by atoms with Gasteiger partial charge in [0.15, 0.2) is 0 Å². The molecule has 0 saturated carbocycles. The Morgan fingerprint density at radius 3 is 2.53 bits per heavy atom. The first-order chi connectivity index (χ1) is 9.11. The van der Waals surface area contributed by atoms with Gasteiger partial charge in [0, 0.05) is 11.8 Å². The van der Waals surface area contributed by atoms with Crippen molar-refractivity contribution in [2.75, 3.05) is 5.88 Å². The lowest BCUT2D eigenvalue weighted by Gasteiger charge is -2.17. The second-order valence-corrected chi connectivity index (χ2v) is 5.38. The van der Waals surface area contributed by atoms with Gasteiger partial charge in [-0.3, -0.25) is 0 Å². The van der Waals surface area contributed by atoms with Gasteiger partial charge < -0.3 is 0 Å². The van der Waals surface area contributed by atoms with Crippen LogP contribution in [0.2, 0.25) is 5.02 Å². The Labute approximate surface area is 123 Å². The van der Waals surface area contributed by atoms with Gasteiger partial charge in [-0.15, -0.1) is 11.6 Å². The van der Waals surface area contributed by atoms with E-state index in [9.17, 15) is 4.39 Å². The molecule has 100 valence electrons. The van der Waals surface area contributed by atoms with Crippen LogP contribution in [0, 0.1) is 12.7 Å². The first-order valence-corrected chi connectivity index (χ1v) is 7.08.